The summed E-state index contributed by atoms with van der Waals surface area (Å²) in [7, 11) is 0. The van der Waals surface area contributed by atoms with E-state index in [0.29, 0.717) is 22.7 Å². The highest BCUT2D eigenvalue weighted by molar-refractivity contribution is 7.18. The Morgan fingerprint density at radius 3 is 2.81 bits per heavy atom. The Bertz CT molecular complexity index is 482. The molecule has 1 fully saturated rings. The first-order valence-electron chi connectivity index (χ1n) is 7.84. The molecule has 0 radical (unpaired) electrons. The SMILES string of the molecule is CCCNc1nc(N)c(C(=O)N(CCC(C)C)C2CC2)s1. The molecule has 1 aliphatic rings. The van der Waals surface area contributed by atoms with Crippen molar-refractivity contribution < 1.29 is 4.79 Å². The third-order valence-corrected chi connectivity index (χ3v) is 4.59. The monoisotopic (exact) mass is 310 g/mol. The molecule has 3 N–H and O–H groups in total. The van der Waals surface area contributed by atoms with E-state index in [1.165, 1.54) is 11.3 Å². The molecule has 1 heterocycles. The van der Waals surface area contributed by atoms with Crippen LogP contribution in [-0.2, 0) is 0 Å². The number of anilines is 2. The molecule has 2 rings (SSSR count). The standard InChI is InChI=1S/C15H26N4OS/c1-4-8-17-15-18-13(16)12(21-15)14(20)19(11-5-6-11)9-7-10(2)3/h10-11H,4-9,16H2,1-3H3,(H,17,18). The number of carbonyl (C=O) groups is 1. The smallest absolute Gasteiger partial charge is 0.268 e. The topological polar surface area (TPSA) is 71.2 Å². The van der Waals surface area contributed by atoms with Gasteiger partial charge in [-0.3, -0.25) is 4.79 Å². The Kier molecular flexibility index (Phi) is 5.45. The molecule has 0 unspecified atom stereocenters. The fourth-order valence-corrected chi connectivity index (χ4v) is 3.02. The van der Waals surface area contributed by atoms with E-state index in [2.05, 4.69) is 31.1 Å². The lowest BCUT2D eigenvalue weighted by Gasteiger charge is -2.22. The van der Waals surface area contributed by atoms with Crippen LogP contribution in [0.5, 0.6) is 0 Å². The van der Waals surface area contributed by atoms with Gasteiger partial charge in [-0.25, -0.2) is 4.98 Å². The highest BCUT2D eigenvalue weighted by atomic mass is 32.1. The average Bonchev–Trinajstić information content (AvgIpc) is 3.19. The van der Waals surface area contributed by atoms with Crippen molar-refractivity contribution in [3.05, 3.63) is 4.88 Å². The molecule has 5 nitrogen and oxygen atoms in total. The summed E-state index contributed by atoms with van der Waals surface area (Å²) in [5, 5.41) is 3.95. The summed E-state index contributed by atoms with van der Waals surface area (Å²) in [6, 6.07) is 0.407. The van der Waals surface area contributed by atoms with Crippen LogP contribution in [0.15, 0.2) is 0 Å². The van der Waals surface area contributed by atoms with Crippen molar-refractivity contribution in [3.63, 3.8) is 0 Å². The van der Waals surface area contributed by atoms with E-state index >= 15 is 0 Å². The van der Waals surface area contributed by atoms with E-state index in [4.69, 9.17) is 5.73 Å². The maximum atomic E-state index is 12.7. The maximum absolute atomic E-state index is 12.7. The normalized spacial score (nSPS) is 14.5. The lowest BCUT2D eigenvalue weighted by atomic mass is 10.1. The van der Waals surface area contributed by atoms with Gasteiger partial charge in [0.2, 0.25) is 0 Å². The van der Waals surface area contributed by atoms with Gasteiger partial charge < -0.3 is 16.0 Å². The molecule has 1 aliphatic carbocycles. The van der Waals surface area contributed by atoms with Crippen LogP contribution in [0, 0.1) is 5.92 Å². The Labute approximate surface area is 130 Å². The molecule has 0 atom stereocenters. The Balaban J connectivity index is 2.07. The summed E-state index contributed by atoms with van der Waals surface area (Å²) < 4.78 is 0. The van der Waals surface area contributed by atoms with Crippen LogP contribution < -0.4 is 11.1 Å². The van der Waals surface area contributed by atoms with Gasteiger partial charge in [-0.15, -0.1) is 0 Å². The number of nitrogen functional groups attached to an aromatic ring is 1. The number of carbonyl (C=O) groups excluding carboxylic acids is 1. The van der Waals surface area contributed by atoms with Crippen molar-refractivity contribution in [3.8, 4) is 0 Å². The summed E-state index contributed by atoms with van der Waals surface area (Å²) in [6.45, 7) is 8.13. The third-order valence-electron chi connectivity index (χ3n) is 3.57. The molecule has 21 heavy (non-hydrogen) atoms. The number of thiazole rings is 1. The van der Waals surface area contributed by atoms with Gasteiger partial charge in [-0.1, -0.05) is 32.1 Å². The van der Waals surface area contributed by atoms with Gasteiger partial charge in [-0.05, 0) is 31.6 Å². The number of rotatable bonds is 8. The van der Waals surface area contributed by atoms with Crippen LogP contribution in [0.2, 0.25) is 0 Å². The maximum Gasteiger partial charge on any atom is 0.268 e. The number of aromatic nitrogens is 1. The predicted molar refractivity (Wildman–Crippen MR) is 88.8 cm³/mol. The van der Waals surface area contributed by atoms with E-state index < -0.39 is 0 Å². The minimum Gasteiger partial charge on any atom is -0.382 e. The summed E-state index contributed by atoms with van der Waals surface area (Å²) in [6.07, 6.45) is 4.28. The first-order valence-corrected chi connectivity index (χ1v) is 8.65. The zero-order valence-electron chi connectivity index (χ0n) is 13.2. The molecule has 1 saturated carbocycles. The van der Waals surface area contributed by atoms with Gasteiger partial charge in [-0.2, -0.15) is 0 Å². The zero-order valence-corrected chi connectivity index (χ0v) is 14.0. The summed E-state index contributed by atoms with van der Waals surface area (Å²) in [5.41, 5.74) is 5.94. The van der Waals surface area contributed by atoms with E-state index in [-0.39, 0.29) is 5.91 Å². The van der Waals surface area contributed by atoms with Crippen LogP contribution in [0.3, 0.4) is 0 Å². The van der Waals surface area contributed by atoms with Gasteiger partial charge >= 0.3 is 0 Å². The lowest BCUT2D eigenvalue weighted by Crippen LogP contribution is -2.34. The average molecular weight is 310 g/mol. The molecular formula is C15H26N4OS. The van der Waals surface area contributed by atoms with Crippen LogP contribution in [0.25, 0.3) is 0 Å². The van der Waals surface area contributed by atoms with Crippen molar-refractivity contribution in [2.24, 2.45) is 5.92 Å². The fourth-order valence-electron chi connectivity index (χ4n) is 2.16. The van der Waals surface area contributed by atoms with Gasteiger partial charge in [0, 0.05) is 19.1 Å². The van der Waals surface area contributed by atoms with Crippen molar-refractivity contribution >= 4 is 28.2 Å². The molecule has 0 saturated heterocycles. The number of nitrogens with two attached hydrogens (primary N) is 1. The second kappa shape index (κ2) is 7.11. The van der Waals surface area contributed by atoms with Crippen molar-refractivity contribution in [1.29, 1.82) is 0 Å². The molecule has 118 valence electrons. The van der Waals surface area contributed by atoms with Crippen molar-refractivity contribution in [1.82, 2.24) is 9.88 Å². The first kappa shape index (κ1) is 16.1. The zero-order chi connectivity index (χ0) is 15.4. The summed E-state index contributed by atoms with van der Waals surface area (Å²) in [5.74, 6) is 1.01. The molecule has 0 spiro atoms. The van der Waals surface area contributed by atoms with E-state index in [9.17, 15) is 4.79 Å². The minimum absolute atomic E-state index is 0.0534. The minimum atomic E-state index is 0.0534. The molecule has 0 aromatic carbocycles. The van der Waals surface area contributed by atoms with E-state index in [1.54, 1.807) is 0 Å². The number of hydrogen-bond acceptors (Lipinski definition) is 5. The molecule has 6 heteroatoms. The van der Waals surface area contributed by atoms with Crippen LogP contribution in [0.1, 0.15) is 56.1 Å². The highest BCUT2D eigenvalue weighted by Crippen LogP contribution is 2.32. The summed E-state index contributed by atoms with van der Waals surface area (Å²) >= 11 is 1.38. The molecular weight excluding hydrogens is 284 g/mol. The number of hydrogen-bond donors (Lipinski definition) is 2. The van der Waals surface area contributed by atoms with Crippen LogP contribution in [-0.4, -0.2) is 34.9 Å². The summed E-state index contributed by atoms with van der Waals surface area (Å²) in [4.78, 5) is 19.6. The van der Waals surface area contributed by atoms with Crippen LogP contribution >= 0.6 is 11.3 Å². The van der Waals surface area contributed by atoms with Gasteiger partial charge in [0.25, 0.3) is 5.91 Å². The molecule has 1 aromatic heterocycles. The largest absolute Gasteiger partial charge is 0.382 e. The molecule has 1 amide bonds. The molecule has 0 bridgehead atoms. The third kappa shape index (κ3) is 4.33. The fraction of sp³-hybridized carbons (Fsp3) is 0.733. The second-order valence-corrected chi connectivity index (χ2v) is 7.07. The van der Waals surface area contributed by atoms with Crippen LogP contribution in [0.4, 0.5) is 10.9 Å². The Morgan fingerprint density at radius 2 is 2.24 bits per heavy atom. The number of nitrogens with zero attached hydrogens (tertiary/aromatic N) is 2. The lowest BCUT2D eigenvalue weighted by molar-refractivity contribution is 0.0741. The van der Waals surface area contributed by atoms with Crippen molar-refractivity contribution in [2.75, 3.05) is 24.1 Å². The van der Waals surface area contributed by atoms with E-state index in [1.807, 2.05) is 4.90 Å². The molecule has 1 aromatic rings. The highest BCUT2D eigenvalue weighted by Gasteiger charge is 2.34. The number of nitrogens with one attached hydrogen (secondary N) is 1. The second-order valence-electron chi connectivity index (χ2n) is 6.07. The number of amides is 1. The quantitative estimate of drug-likeness (QED) is 0.773. The predicted octanol–water partition coefficient (Wildman–Crippen LogP) is 3.20. The Hall–Kier alpha value is -1.30. The van der Waals surface area contributed by atoms with E-state index in [0.717, 1.165) is 43.9 Å². The van der Waals surface area contributed by atoms with Gasteiger partial charge in [0.15, 0.2) is 5.13 Å². The van der Waals surface area contributed by atoms with Gasteiger partial charge in [0.05, 0.1) is 0 Å². The first-order chi connectivity index (χ1) is 10.0. The Morgan fingerprint density at radius 1 is 1.52 bits per heavy atom. The van der Waals surface area contributed by atoms with Crippen molar-refractivity contribution in [2.45, 2.75) is 52.5 Å². The molecule has 0 aliphatic heterocycles. The van der Waals surface area contributed by atoms with Gasteiger partial charge in [0.1, 0.15) is 10.7 Å².